The third kappa shape index (κ3) is 3.68. The average molecular weight is 335 g/mol. The highest BCUT2D eigenvalue weighted by molar-refractivity contribution is 5.56. The Bertz CT molecular complexity index is 1000. The number of nitriles is 1. The summed E-state index contributed by atoms with van der Waals surface area (Å²) in [5, 5.41) is 9.58. The summed E-state index contributed by atoms with van der Waals surface area (Å²) in [6, 6.07) is 21.5. The molecule has 0 radical (unpaired) electrons. The first-order valence-electron chi connectivity index (χ1n) is 7.75. The highest BCUT2D eigenvalue weighted by atomic mass is 16.5. The first kappa shape index (κ1) is 16.7. The van der Waals surface area contributed by atoms with Crippen LogP contribution in [-0.2, 0) is 0 Å². The lowest BCUT2D eigenvalue weighted by molar-refractivity contribution is 0.457. The molecule has 3 aromatic rings. The van der Waals surface area contributed by atoms with Gasteiger partial charge in [0.25, 0.3) is 0 Å². The molecule has 0 bridgehead atoms. The lowest BCUT2D eigenvalue weighted by Gasteiger charge is -2.12. The molecule has 122 valence electrons. The summed E-state index contributed by atoms with van der Waals surface area (Å²) in [7, 11) is 0. The fourth-order valence-corrected chi connectivity index (χ4v) is 2.34. The zero-order valence-electron chi connectivity index (χ0n) is 13.8. The molecule has 3 rings (SSSR count). The molecule has 0 spiro atoms. The SMILES string of the molecule is C#Cc1cccc(Oc2cccc(Oc3cccc(C#C)c3)c2C#N)c1. The largest absolute Gasteiger partial charge is 0.456 e. The molecular weight excluding hydrogens is 322 g/mol. The number of ether oxygens (including phenoxy) is 2. The van der Waals surface area contributed by atoms with Crippen LogP contribution in [-0.4, -0.2) is 0 Å². The van der Waals surface area contributed by atoms with Crippen LogP contribution < -0.4 is 9.47 Å². The Hall–Kier alpha value is -4.13. The van der Waals surface area contributed by atoms with E-state index in [-0.39, 0.29) is 5.56 Å². The van der Waals surface area contributed by atoms with E-state index in [1.807, 2.05) is 0 Å². The van der Waals surface area contributed by atoms with Crippen molar-refractivity contribution in [2.75, 3.05) is 0 Å². The molecule has 0 unspecified atom stereocenters. The van der Waals surface area contributed by atoms with Gasteiger partial charge in [0, 0.05) is 11.1 Å². The number of hydrogen-bond donors (Lipinski definition) is 0. The fraction of sp³-hybridized carbons (Fsp3) is 0. The molecule has 0 aliphatic carbocycles. The van der Waals surface area contributed by atoms with Crippen molar-refractivity contribution < 1.29 is 9.47 Å². The minimum absolute atomic E-state index is 0.282. The van der Waals surface area contributed by atoms with Gasteiger partial charge in [0.1, 0.15) is 34.6 Å². The van der Waals surface area contributed by atoms with Crippen molar-refractivity contribution in [1.82, 2.24) is 0 Å². The van der Waals surface area contributed by atoms with Crippen LogP contribution in [0.1, 0.15) is 16.7 Å². The van der Waals surface area contributed by atoms with Crippen molar-refractivity contribution in [3.05, 3.63) is 83.4 Å². The van der Waals surface area contributed by atoms with Crippen LogP contribution in [0, 0.1) is 36.0 Å². The Kier molecular flexibility index (Phi) is 4.90. The quantitative estimate of drug-likeness (QED) is 0.623. The number of benzene rings is 3. The van der Waals surface area contributed by atoms with E-state index in [4.69, 9.17) is 22.3 Å². The van der Waals surface area contributed by atoms with Gasteiger partial charge < -0.3 is 9.47 Å². The number of terminal acetylenes is 2. The molecule has 0 aromatic heterocycles. The molecule has 0 heterocycles. The molecule has 3 nitrogen and oxygen atoms in total. The predicted molar refractivity (Wildman–Crippen MR) is 100 cm³/mol. The van der Waals surface area contributed by atoms with E-state index in [0.29, 0.717) is 34.1 Å². The molecule has 0 amide bonds. The third-order valence-electron chi connectivity index (χ3n) is 3.56. The van der Waals surface area contributed by atoms with Crippen molar-refractivity contribution in [3.63, 3.8) is 0 Å². The molecule has 3 aromatic carbocycles. The summed E-state index contributed by atoms with van der Waals surface area (Å²) in [4.78, 5) is 0. The van der Waals surface area contributed by atoms with Gasteiger partial charge in [0.2, 0.25) is 0 Å². The highest BCUT2D eigenvalue weighted by Gasteiger charge is 2.12. The van der Waals surface area contributed by atoms with Crippen LogP contribution in [0.15, 0.2) is 66.7 Å². The predicted octanol–water partition coefficient (Wildman–Crippen LogP) is 5.11. The monoisotopic (exact) mass is 335 g/mol. The van der Waals surface area contributed by atoms with E-state index in [2.05, 4.69) is 17.9 Å². The average Bonchev–Trinajstić information content (AvgIpc) is 2.68. The molecule has 3 heteroatoms. The number of hydrogen-bond acceptors (Lipinski definition) is 3. The highest BCUT2D eigenvalue weighted by Crippen LogP contribution is 2.34. The van der Waals surface area contributed by atoms with Gasteiger partial charge in [-0.1, -0.05) is 30.0 Å². The Balaban J connectivity index is 1.93. The summed E-state index contributed by atoms with van der Waals surface area (Å²) in [5.74, 6) is 6.95. The van der Waals surface area contributed by atoms with E-state index < -0.39 is 0 Å². The molecule has 0 aliphatic rings. The topological polar surface area (TPSA) is 42.2 Å². The van der Waals surface area contributed by atoms with Crippen molar-refractivity contribution in [2.24, 2.45) is 0 Å². The van der Waals surface area contributed by atoms with E-state index in [0.717, 1.165) is 0 Å². The number of nitrogens with zero attached hydrogens (tertiary/aromatic N) is 1. The maximum absolute atomic E-state index is 9.58. The maximum Gasteiger partial charge on any atom is 0.149 e. The zero-order chi connectivity index (χ0) is 18.4. The second-order valence-electron chi connectivity index (χ2n) is 5.29. The molecular formula is C23H13NO2. The molecule has 26 heavy (non-hydrogen) atoms. The molecule has 0 saturated heterocycles. The van der Waals surface area contributed by atoms with Crippen LogP contribution in [0.25, 0.3) is 0 Å². The molecule has 0 aliphatic heterocycles. The molecule has 0 N–H and O–H groups in total. The third-order valence-corrected chi connectivity index (χ3v) is 3.56. The van der Waals surface area contributed by atoms with Crippen molar-refractivity contribution in [2.45, 2.75) is 0 Å². The lowest BCUT2D eigenvalue weighted by Crippen LogP contribution is -1.93. The van der Waals surface area contributed by atoms with Gasteiger partial charge in [-0.25, -0.2) is 0 Å². The van der Waals surface area contributed by atoms with Gasteiger partial charge in [-0.2, -0.15) is 5.26 Å². The Morgan fingerprint density at radius 1 is 0.692 bits per heavy atom. The van der Waals surface area contributed by atoms with Crippen LogP contribution >= 0.6 is 0 Å². The van der Waals surface area contributed by atoms with Gasteiger partial charge in [-0.05, 0) is 48.5 Å². The van der Waals surface area contributed by atoms with Gasteiger partial charge in [0.05, 0.1) is 0 Å². The Morgan fingerprint density at radius 2 is 1.15 bits per heavy atom. The van der Waals surface area contributed by atoms with Gasteiger partial charge in [0.15, 0.2) is 0 Å². The van der Waals surface area contributed by atoms with Gasteiger partial charge in [-0.3, -0.25) is 0 Å². The van der Waals surface area contributed by atoms with E-state index in [1.165, 1.54) is 0 Å². The smallest absolute Gasteiger partial charge is 0.149 e. The molecule has 0 atom stereocenters. The second-order valence-corrected chi connectivity index (χ2v) is 5.29. The van der Waals surface area contributed by atoms with Crippen molar-refractivity contribution in [3.8, 4) is 53.8 Å². The van der Waals surface area contributed by atoms with Crippen LogP contribution in [0.3, 0.4) is 0 Å². The Labute approximate surface area is 152 Å². The van der Waals surface area contributed by atoms with Gasteiger partial charge >= 0.3 is 0 Å². The minimum atomic E-state index is 0.282. The summed E-state index contributed by atoms with van der Waals surface area (Å²) >= 11 is 0. The summed E-state index contributed by atoms with van der Waals surface area (Å²) in [5.41, 5.74) is 1.67. The zero-order valence-corrected chi connectivity index (χ0v) is 13.8. The van der Waals surface area contributed by atoms with E-state index >= 15 is 0 Å². The lowest BCUT2D eigenvalue weighted by atomic mass is 10.2. The maximum atomic E-state index is 9.58. The first-order valence-corrected chi connectivity index (χ1v) is 7.75. The number of rotatable bonds is 4. The standard InChI is InChI=1S/C23H13NO2/c1-3-17-8-5-10-19(14-17)25-22-12-7-13-23(21(22)16-24)26-20-11-6-9-18(4-2)15-20/h1-2,5-15H. The van der Waals surface area contributed by atoms with E-state index in [9.17, 15) is 5.26 Å². The summed E-state index contributed by atoms with van der Waals surface area (Å²) in [6.45, 7) is 0. The molecule has 0 saturated carbocycles. The van der Waals surface area contributed by atoms with Gasteiger partial charge in [-0.15, -0.1) is 12.8 Å². The minimum Gasteiger partial charge on any atom is -0.456 e. The van der Waals surface area contributed by atoms with Crippen molar-refractivity contribution >= 4 is 0 Å². The van der Waals surface area contributed by atoms with Crippen LogP contribution in [0.4, 0.5) is 0 Å². The first-order chi connectivity index (χ1) is 12.7. The summed E-state index contributed by atoms with van der Waals surface area (Å²) in [6.07, 6.45) is 10.8. The van der Waals surface area contributed by atoms with E-state index in [1.54, 1.807) is 66.7 Å². The molecule has 0 fully saturated rings. The van der Waals surface area contributed by atoms with Crippen molar-refractivity contribution in [1.29, 1.82) is 5.26 Å². The van der Waals surface area contributed by atoms with Crippen LogP contribution in [0.5, 0.6) is 23.0 Å². The second kappa shape index (κ2) is 7.63. The normalized spacial score (nSPS) is 9.42. The fourth-order valence-electron chi connectivity index (χ4n) is 2.34. The Morgan fingerprint density at radius 3 is 1.58 bits per heavy atom. The summed E-state index contributed by atoms with van der Waals surface area (Å²) < 4.78 is 11.7. The van der Waals surface area contributed by atoms with Crippen LogP contribution in [0.2, 0.25) is 0 Å².